The van der Waals surface area contributed by atoms with E-state index in [4.69, 9.17) is 0 Å². The van der Waals surface area contributed by atoms with Crippen molar-refractivity contribution < 1.29 is 0 Å². The Balaban J connectivity index is 2.33. The van der Waals surface area contributed by atoms with E-state index in [1.807, 2.05) is 0 Å². The highest BCUT2D eigenvalue weighted by Crippen LogP contribution is 2.26. The standard InChI is InChI=1S/C14H16S/c1-14(2,3)13-6-4-11(5-7-13)12-8-9-15-10-12/h4-10H,1-3H3. The maximum Gasteiger partial charge on any atom is -0.00147 e. The first-order chi connectivity index (χ1) is 7.07. The van der Waals surface area contributed by atoms with E-state index in [0.29, 0.717) is 0 Å². The van der Waals surface area contributed by atoms with Crippen molar-refractivity contribution >= 4 is 11.3 Å². The lowest BCUT2D eigenvalue weighted by molar-refractivity contribution is 0.590. The molecule has 78 valence electrons. The molecule has 2 aromatic rings. The van der Waals surface area contributed by atoms with Crippen molar-refractivity contribution in [3.8, 4) is 11.1 Å². The summed E-state index contributed by atoms with van der Waals surface area (Å²) in [6, 6.07) is 11.0. The van der Waals surface area contributed by atoms with Crippen LogP contribution in [0.25, 0.3) is 11.1 Å². The lowest BCUT2D eigenvalue weighted by atomic mass is 9.86. The molecule has 0 nitrogen and oxygen atoms in total. The van der Waals surface area contributed by atoms with Crippen molar-refractivity contribution in [1.82, 2.24) is 0 Å². The molecular formula is C14H16S. The third-order valence-corrected chi connectivity index (χ3v) is 3.29. The molecule has 0 saturated heterocycles. The molecule has 0 aliphatic rings. The van der Waals surface area contributed by atoms with Gasteiger partial charge in [0.25, 0.3) is 0 Å². The van der Waals surface area contributed by atoms with Crippen LogP contribution in [0.3, 0.4) is 0 Å². The molecule has 0 fully saturated rings. The van der Waals surface area contributed by atoms with Crippen molar-refractivity contribution in [2.45, 2.75) is 26.2 Å². The Kier molecular flexibility index (Phi) is 2.66. The molecule has 0 aliphatic carbocycles. The summed E-state index contributed by atoms with van der Waals surface area (Å²) in [4.78, 5) is 0. The molecule has 1 aromatic carbocycles. The Morgan fingerprint density at radius 1 is 0.867 bits per heavy atom. The van der Waals surface area contributed by atoms with E-state index >= 15 is 0 Å². The van der Waals surface area contributed by atoms with Crippen LogP contribution in [-0.2, 0) is 5.41 Å². The van der Waals surface area contributed by atoms with E-state index in [1.165, 1.54) is 16.7 Å². The second-order valence-electron chi connectivity index (χ2n) is 4.84. The minimum Gasteiger partial charge on any atom is -0.152 e. The Morgan fingerprint density at radius 2 is 1.53 bits per heavy atom. The van der Waals surface area contributed by atoms with Gasteiger partial charge in [-0.05, 0) is 38.9 Å². The summed E-state index contributed by atoms with van der Waals surface area (Å²) >= 11 is 1.74. The normalized spacial score (nSPS) is 11.7. The van der Waals surface area contributed by atoms with Crippen LogP contribution < -0.4 is 0 Å². The van der Waals surface area contributed by atoms with Gasteiger partial charge in [-0.2, -0.15) is 11.3 Å². The van der Waals surface area contributed by atoms with Crippen LogP contribution in [0.15, 0.2) is 41.1 Å². The predicted octanol–water partition coefficient (Wildman–Crippen LogP) is 4.71. The van der Waals surface area contributed by atoms with Gasteiger partial charge in [0.2, 0.25) is 0 Å². The molecule has 1 heteroatoms. The number of benzene rings is 1. The summed E-state index contributed by atoms with van der Waals surface area (Å²) in [5, 5.41) is 4.30. The zero-order chi connectivity index (χ0) is 10.9. The zero-order valence-electron chi connectivity index (χ0n) is 9.45. The van der Waals surface area contributed by atoms with Gasteiger partial charge in [-0.3, -0.25) is 0 Å². The number of hydrogen-bond acceptors (Lipinski definition) is 1. The minimum atomic E-state index is 0.243. The predicted molar refractivity (Wildman–Crippen MR) is 68.5 cm³/mol. The number of hydrogen-bond donors (Lipinski definition) is 0. The van der Waals surface area contributed by atoms with E-state index in [9.17, 15) is 0 Å². The van der Waals surface area contributed by atoms with E-state index in [-0.39, 0.29) is 5.41 Å². The lowest BCUT2D eigenvalue weighted by Gasteiger charge is -2.19. The Labute approximate surface area is 95.6 Å². The quantitative estimate of drug-likeness (QED) is 0.647. The molecule has 0 saturated carbocycles. The second kappa shape index (κ2) is 3.82. The fourth-order valence-electron chi connectivity index (χ4n) is 1.59. The molecule has 0 atom stereocenters. The van der Waals surface area contributed by atoms with E-state index < -0.39 is 0 Å². The molecule has 1 heterocycles. The van der Waals surface area contributed by atoms with Gasteiger partial charge < -0.3 is 0 Å². The van der Waals surface area contributed by atoms with Gasteiger partial charge in [0.1, 0.15) is 0 Å². The first kappa shape index (κ1) is 10.4. The molecule has 0 spiro atoms. The maximum atomic E-state index is 2.24. The fraction of sp³-hybridized carbons (Fsp3) is 0.286. The van der Waals surface area contributed by atoms with Crippen molar-refractivity contribution in [3.63, 3.8) is 0 Å². The summed E-state index contributed by atoms with van der Waals surface area (Å²) in [7, 11) is 0. The Hall–Kier alpha value is -1.08. The lowest BCUT2D eigenvalue weighted by Crippen LogP contribution is -2.10. The Bertz CT molecular complexity index is 415. The number of rotatable bonds is 1. The van der Waals surface area contributed by atoms with Crippen molar-refractivity contribution in [1.29, 1.82) is 0 Å². The van der Waals surface area contributed by atoms with Crippen LogP contribution in [0.4, 0.5) is 0 Å². The van der Waals surface area contributed by atoms with Gasteiger partial charge in [0.15, 0.2) is 0 Å². The summed E-state index contributed by atoms with van der Waals surface area (Å²) in [5.74, 6) is 0. The molecule has 15 heavy (non-hydrogen) atoms. The molecule has 0 unspecified atom stereocenters. The van der Waals surface area contributed by atoms with Crippen LogP contribution in [0.5, 0.6) is 0 Å². The van der Waals surface area contributed by atoms with Gasteiger partial charge >= 0.3 is 0 Å². The SMILES string of the molecule is CC(C)(C)c1ccc(-c2ccsc2)cc1. The molecule has 0 bridgehead atoms. The van der Waals surface area contributed by atoms with Gasteiger partial charge in [-0.1, -0.05) is 45.0 Å². The summed E-state index contributed by atoms with van der Waals surface area (Å²) < 4.78 is 0. The highest BCUT2D eigenvalue weighted by atomic mass is 32.1. The minimum absolute atomic E-state index is 0.243. The first-order valence-corrected chi connectivity index (χ1v) is 6.15. The van der Waals surface area contributed by atoms with Crippen molar-refractivity contribution in [3.05, 3.63) is 46.7 Å². The van der Waals surface area contributed by atoms with Gasteiger partial charge in [-0.15, -0.1) is 0 Å². The molecule has 1 aromatic heterocycles. The smallest absolute Gasteiger partial charge is 0.00147 e. The molecule has 2 rings (SSSR count). The van der Waals surface area contributed by atoms with Crippen LogP contribution in [0.1, 0.15) is 26.3 Å². The van der Waals surface area contributed by atoms with Crippen LogP contribution in [0.2, 0.25) is 0 Å². The fourth-order valence-corrected chi connectivity index (χ4v) is 2.26. The third-order valence-electron chi connectivity index (χ3n) is 2.61. The van der Waals surface area contributed by atoms with Crippen molar-refractivity contribution in [2.24, 2.45) is 0 Å². The first-order valence-electron chi connectivity index (χ1n) is 5.20. The van der Waals surface area contributed by atoms with E-state index in [1.54, 1.807) is 11.3 Å². The molecule has 0 aliphatic heterocycles. The van der Waals surface area contributed by atoms with Crippen LogP contribution in [-0.4, -0.2) is 0 Å². The largest absolute Gasteiger partial charge is 0.152 e. The number of thiophene rings is 1. The highest BCUT2D eigenvalue weighted by Gasteiger charge is 2.12. The molecular weight excluding hydrogens is 200 g/mol. The molecule has 0 N–H and O–H groups in total. The van der Waals surface area contributed by atoms with E-state index in [0.717, 1.165) is 0 Å². The Morgan fingerprint density at radius 3 is 2.00 bits per heavy atom. The monoisotopic (exact) mass is 216 g/mol. The molecule has 0 amide bonds. The summed E-state index contributed by atoms with van der Waals surface area (Å²) in [5.41, 5.74) is 4.26. The summed E-state index contributed by atoms with van der Waals surface area (Å²) in [6.07, 6.45) is 0. The second-order valence-corrected chi connectivity index (χ2v) is 5.62. The third kappa shape index (κ3) is 2.29. The molecule has 0 radical (unpaired) electrons. The van der Waals surface area contributed by atoms with Gasteiger partial charge in [-0.25, -0.2) is 0 Å². The summed E-state index contributed by atoms with van der Waals surface area (Å²) in [6.45, 7) is 6.73. The van der Waals surface area contributed by atoms with Gasteiger partial charge in [0, 0.05) is 0 Å². The average molecular weight is 216 g/mol. The van der Waals surface area contributed by atoms with E-state index in [2.05, 4.69) is 61.9 Å². The van der Waals surface area contributed by atoms with Gasteiger partial charge in [0.05, 0.1) is 0 Å². The maximum absolute atomic E-state index is 2.24. The topological polar surface area (TPSA) is 0 Å². The highest BCUT2D eigenvalue weighted by molar-refractivity contribution is 7.08. The van der Waals surface area contributed by atoms with Crippen molar-refractivity contribution in [2.75, 3.05) is 0 Å². The van der Waals surface area contributed by atoms with Crippen LogP contribution in [0, 0.1) is 0 Å². The average Bonchev–Trinajstić information content (AvgIpc) is 2.69. The van der Waals surface area contributed by atoms with Crippen LogP contribution >= 0.6 is 11.3 Å². The zero-order valence-corrected chi connectivity index (χ0v) is 10.3.